The molecule has 0 aromatic rings. The smallest absolute Gasteiger partial charge is 0.472 e. The normalized spacial score (nSPS) is 18.0. The van der Waals surface area contributed by atoms with E-state index in [1.807, 2.05) is 0 Å². The van der Waals surface area contributed by atoms with Crippen molar-refractivity contribution in [1.82, 2.24) is 0 Å². The molecule has 0 spiro atoms. The molecule has 0 saturated carbocycles. The number of carboxylic acids is 1. The fraction of sp³-hybridized carbons (Fsp3) is 0.659. The molecule has 0 aromatic carbocycles. The Morgan fingerprint density at radius 1 is 0.667 bits per heavy atom. The van der Waals surface area contributed by atoms with Gasteiger partial charge in [-0.25, -0.2) is 4.57 Å². The third-order valence-corrected chi connectivity index (χ3v) is 9.81. The number of unbranched alkanes of at least 4 members (excludes halogenated alkanes) is 8. The lowest BCUT2D eigenvalue weighted by Crippen LogP contribution is -2.34. The Hall–Kier alpha value is -3.12. The van der Waals surface area contributed by atoms with E-state index in [2.05, 4.69) is 91.3 Å². The fourth-order valence-electron chi connectivity index (χ4n) is 5.46. The van der Waals surface area contributed by atoms with Gasteiger partial charge < -0.3 is 29.9 Å². The summed E-state index contributed by atoms with van der Waals surface area (Å²) in [5, 5.41) is 8.89. The molecule has 0 aromatic heterocycles. The van der Waals surface area contributed by atoms with E-state index in [-0.39, 0.29) is 25.0 Å². The molecule has 0 bridgehead atoms. The molecular formula is C44H72NO11P. The van der Waals surface area contributed by atoms with Gasteiger partial charge in [-0.15, -0.1) is 0 Å². The second-order valence-corrected chi connectivity index (χ2v) is 15.6. The Labute approximate surface area is 342 Å². The fourth-order valence-corrected chi connectivity index (χ4v) is 6.24. The molecular weight excluding hydrogens is 749 g/mol. The number of aliphatic carboxylic acids is 1. The van der Waals surface area contributed by atoms with Crippen LogP contribution >= 0.6 is 7.82 Å². The summed E-state index contributed by atoms with van der Waals surface area (Å²) in [4.78, 5) is 46.0. The Bertz CT molecular complexity index is 1310. The number of hydrogen-bond donors (Lipinski definition) is 3. The molecule has 1 heterocycles. The van der Waals surface area contributed by atoms with Crippen molar-refractivity contribution >= 4 is 25.7 Å². The van der Waals surface area contributed by atoms with Crippen LogP contribution in [0.3, 0.4) is 0 Å². The van der Waals surface area contributed by atoms with Crippen LogP contribution in [0.5, 0.6) is 0 Å². The number of rotatable bonds is 37. The van der Waals surface area contributed by atoms with E-state index in [0.717, 1.165) is 77.0 Å². The van der Waals surface area contributed by atoms with Gasteiger partial charge in [0.25, 0.3) is 0 Å². The number of hydrogen-bond acceptors (Lipinski definition) is 10. The van der Waals surface area contributed by atoms with Gasteiger partial charge in [0.2, 0.25) is 0 Å². The molecule has 1 aliphatic heterocycles. The van der Waals surface area contributed by atoms with E-state index in [0.29, 0.717) is 19.3 Å². The van der Waals surface area contributed by atoms with Gasteiger partial charge in [0, 0.05) is 12.8 Å². The van der Waals surface area contributed by atoms with E-state index in [4.69, 9.17) is 29.6 Å². The van der Waals surface area contributed by atoms with E-state index < -0.39 is 57.7 Å². The summed E-state index contributed by atoms with van der Waals surface area (Å²) in [7, 11) is -4.74. The van der Waals surface area contributed by atoms with Crippen LogP contribution in [0.15, 0.2) is 72.9 Å². The van der Waals surface area contributed by atoms with Gasteiger partial charge >= 0.3 is 25.7 Å². The SMILES string of the molecule is CC/C=C\C/C=C\C/C=C\CCCCCCCC(=O)O[C@H](COC(=O)CCCC1OC1C/C=C\C/C=C\C/C=C\CCCCC)COP(=O)(O)OC[C@H](N)C(=O)O. The summed E-state index contributed by atoms with van der Waals surface area (Å²) in [6.45, 7) is 2.55. The molecule has 12 nitrogen and oxygen atoms in total. The summed E-state index contributed by atoms with van der Waals surface area (Å²) < 4.78 is 38.4. The third kappa shape index (κ3) is 32.5. The number of esters is 2. The van der Waals surface area contributed by atoms with Gasteiger partial charge in [-0.2, -0.15) is 0 Å². The Morgan fingerprint density at radius 3 is 1.84 bits per heavy atom. The first-order valence-electron chi connectivity index (χ1n) is 21.1. The first-order valence-corrected chi connectivity index (χ1v) is 22.6. The minimum absolute atomic E-state index is 0.0956. The maximum absolute atomic E-state index is 12.6. The predicted octanol–water partition coefficient (Wildman–Crippen LogP) is 9.93. The van der Waals surface area contributed by atoms with Crippen molar-refractivity contribution in [3.05, 3.63) is 72.9 Å². The number of carbonyl (C=O) groups excluding carboxylic acids is 2. The summed E-state index contributed by atoms with van der Waals surface area (Å²) in [5.74, 6) is -2.50. The standard InChI is InChI=1S/C44H72NO11P/c1-3-5-7-9-11-13-15-17-18-19-21-23-25-27-29-33-43(47)55-38(36-53-57(50,51)54-37-39(45)44(48)49)35-52-42(46)34-30-32-41-40(56-41)31-28-26-24-22-20-16-14-12-10-8-6-4-2/h5,7,11-14,17-18,20,22,26,28,38-41H,3-4,6,8-10,15-16,19,21,23-25,27,29-37,45H2,1-2H3,(H,48,49)(H,50,51)/b7-5-,13-11-,14-12-,18-17-,22-20-,28-26-/t38-,39+,40?,41?/m1/s1. The molecule has 1 rings (SSSR count). The predicted molar refractivity (Wildman–Crippen MR) is 225 cm³/mol. The summed E-state index contributed by atoms with van der Waals surface area (Å²) in [5.41, 5.74) is 5.33. The second-order valence-electron chi connectivity index (χ2n) is 14.1. The molecule has 324 valence electrons. The molecule has 5 atom stereocenters. The lowest BCUT2D eigenvalue weighted by atomic mass is 10.1. The average Bonchev–Trinajstić information content (AvgIpc) is 3.94. The Balaban J connectivity index is 2.37. The van der Waals surface area contributed by atoms with Crippen molar-refractivity contribution < 1.29 is 52.2 Å². The van der Waals surface area contributed by atoms with Crippen LogP contribution in [0, 0.1) is 0 Å². The average molecular weight is 822 g/mol. The largest absolute Gasteiger partial charge is 0.480 e. The van der Waals surface area contributed by atoms with Crippen LogP contribution < -0.4 is 5.73 Å². The molecule has 0 radical (unpaired) electrons. The maximum Gasteiger partial charge on any atom is 0.472 e. The van der Waals surface area contributed by atoms with E-state index in [1.54, 1.807) is 0 Å². The lowest BCUT2D eigenvalue weighted by molar-refractivity contribution is -0.161. The van der Waals surface area contributed by atoms with Gasteiger partial charge in [-0.3, -0.25) is 23.4 Å². The number of epoxide rings is 1. The van der Waals surface area contributed by atoms with Gasteiger partial charge in [0.1, 0.15) is 12.6 Å². The molecule has 4 N–H and O–H groups in total. The molecule has 1 fully saturated rings. The zero-order valence-electron chi connectivity index (χ0n) is 34.6. The summed E-state index contributed by atoms with van der Waals surface area (Å²) in [6.07, 6.45) is 42.7. The van der Waals surface area contributed by atoms with Gasteiger partial charge in [-0.1, -0.05) is 119 Å². The van der Waals surface area contributed by atoms with E-state index in [1.165, 1.54) is 19.3 Å². The number of carbonyl (C=O) groups is 3. The van der Waals surface area contributed by atoms with Crippen molar-refractivity contribution in [2.45, 2.75) is 167 Å². The summed E-state index contributed by atoms with van der Waals surface area (Å²) in [6, 6.07) is -1.54. The molecule has 0 amide bonds. The number of allylic oxidation sites excluding steroid dienone is 11. The zero-order chi connectivity index (χ0) is 41.8. The molecule has 1 aliphatic rings. The van der Waals surface area contributed by atoms with E-state index in [9.17, 15) is 23.8 Å². The second kappa shape index (κ2) is 34.9. The van der Waals surface area contributed by atoms with Crippen LogP contribution in [0.4, 0.5) is 0 Å². The van der Waals surface area contributed by atoms with Crippen molar-refractivity contribution in [2.24, 2.45) is 5.73 Å². The zero-order valence-corrected chi connectivity index (χ0v) is 35.5. The topological polar surface area (TPSA) is 184 Å². The number of ether oxygens (including phenoxy) is 3. The number of nitrogens with two attached hydrogens (primary N) is 1. The van der Waals surface area contributed by atoms with Gasteiger partial charge in [0.15, 0.2) is 6.10 Å². The van der Waals surface area contributed by atoms with Gasteiger partial charge in [-0.05, 0) is 83.5 Å². The minimum Gasteiger partial charge on any atom is -0.480 e. The van der Waals surface area contributed by atoms with Crippen LogP contribution in [0.2, 0.25) is 0 Å². The van der Waals surface area contributed by atoms with Crippen molar-refractivity contribution in [1.29, 1.82) is 0 Å². The minimum atomic E-state index is -4.74. The van der Waals surface area contributed by atoms with Crippen LogP contribution in [0.1, 0.15) is 142 Å². The highest BCUT2D eigenvalue weighted by atomic mass is 31.2. The Kier molecular flexibility index (Phi) is 31.8. The van der Waals surface area contributed by atoms with Crippen molar-refractivity contribution in [2.75, 3.05) is 19.8 Å². The Morgan fingerprint density at radius 2 is 1.21 bits per heavy atom. The van der Waals surface area contributed by atoms with Crippen LogP contribution in [0.25, 0.3) is 0 Å². The number of carboxylic acid groups (broad SMARTS) is 1. The third-order valence-electron chi connectivity index (χ3n) is 8.86. The molecule has 3 unspecified atom stereocenters. The number of phosphoric acid groups is 1. The van der Waals surface area contributed by atoms with Crippen molar-refractivity contribution in [3.8, 4) is 0 Å². The maximum atomic E-state index is 12.6. The molecule has 13 heteroatoms. The van der Waals surface area contributed by atoms with Crippen molar-refractivity contribution in [3.63, 3.8) is 0 Å². The lowest BCUT2D eigenvalue weighted by Gasteiger charge is -2.20. The van der Waals surface area contributed by atoms with Crippen LogP contribution in [-0.4, -0.2) is 72.1 Å². The van der Waals surface area contributed by atoms with E-state index >= 15 is 0 Å². The molecule has 0 aliphatic carbocycles. The summed E-state index contributed by atoms with van der Waals surface area (Å²) >= 11 is 0. The first kappa shape index (κ1) is 51.9. The highest BCUT2D eigenvalue weighted by Crippen LogP contribution is 2.43. The highest BCUT2D eigenvalue weighted by molar-refractivity contribution is 7.47. The first-order chi connectivity index (χ1) is 27.6. The van der Waals surface area contributed by atoms with Gasteiger partial charge in [0.05, 0.1) is 25.4 Å². The number of phosphoric ester groups is 1. The molecule has 1 saturated heterocycles. The molecule has 57 heavy (non-hydrogen) atoms. The highest BCUT2D eigenvalue weighted by Gasteiger charge is 2.36. The quantitative estimate of drug-likeness (QED) is 0.0177. The monoisotopic (exact) mass is 821 g/mol. The van der Waals surface area contributed by atoms with Crippen LogP contribution in [-0.2, 0) is 42.2 Å².